The van der Waals surface area contributed by atoms with Crippen molar-refractivity contribution in [2.45, 2.75) is 20.8 Å². The van der Waals surface area contributed by atoms with E-state index >= 15 is 0 Å². The first kappa shape index (κ1) is 12.7. The fraction of sp³-hybridized carbons (Fsp3) is 0.167. The van der Waals surface area contributed by atoms with Crippen LogP contribution in [0, 0.1) is 20.8 Å². The average molecular weight is 262 g/mol. The molecule has 3 rings (SSSR count). The van der Waals surface area contributed by atoms with Crippen molar-refractivity contribution in [3.63, 3.8) is 0 Å². The predicted octanol–water partition coefficient (Wildman–Crippen LogP) is 4.41. The van der Waals surface area contributed by atoms with Crippen molar-refractivity contribution in [3.05, 3.63) is 59.2 Å². The van der Waals surface area contributed by atoms with E-state index in [1.165, 1.54) is 22.1 Å². The smallest absolute Gasteiger partial charge is 0.0733 e. The molecule has 2 heteroatoms. The van der Waals surface area contributed by atoms with E-state index < -0.39 is 0 Å². The molecule has 1 heterocycles. The third-order valence-electron chi connectivity index (χ3n) is 3.66. The Morgan fingerprint density at radius 1 is 0.850 bits per heavy atom. The van der Waals surface area contributed by atoms with Crippen molar-refractivity contribution in [1.82, 2.24) is 4.98 Å². The minimum absolute atomic E-state index is 0.772. The quantitative estimate of drug-likeness (QED) is 0.660. The van der Waals surface area contributed by atoms with E-state index in [4.69, 9.17) is 10.7 Å². The molecule has 0 saturated carbocycles. The number of rotatable bonds is 1. The number of hydrogen-bond donors (Lipinski definition) is 1. The first-order chi connectivity index (χ1) is 9.54. The molecule has 0 bridgehead atoms. The number of anilines is 1. The third kappa shape index (κ3) is 2.14. The molecule has 3 aromatic rings. The summed E-state index contributed by atoms with van der Waals surface area (Å²) in [6.45, 7) is 6.30. The summed E-state index contributed by atoms with van der Waals surface area (Å²) >= 11 is 0. The number of pyridine rings is 1. The highest BCUT2D eigenvalue weighted by Crippen LogP contribution is 2.29. The zero-order chi connectivity index (χ0) is 14.3. The molecule has 0 spiro atoms. The zero-order valence-corrected chi connectivity index (χ0v) is 12.1. The number of aromatic nitrogens is 1. The average Bonchev–Trinajstić information content (AvgIpc) is 2.42. The van der Waals surface area contributed by atoms with Gasteiger partial charge in [-0.3, -0.25) is 0 Å². The molecule has 0 unspecified atom stereocenters. The summed E-state index contributed by atoms with van der Waals surface area (Å²) < 4.78 is 0. The monoisotopic (exact) mass is 262 g/mol. The molecule has 100 valence electrons. The van der Waals surface area contributed by atoms with E-state index in [2.05, 4.69) is 51.1 Å². The normalized spacial score (nSPS) is 10.9. The number of nitrogen functional groups attached to an aromatic ring is 1. The highest BCUT2D eigenvalue weighted by molar-refractivity contribution is 5.87. The topological polar surface area (TPSA) is 38.9 Å². The summed E-state index contributed by atoms with van der Waals surface area (Å²) in [5, 5.41) is 1.21. The van der Waals surface area contributed by atoms with E-state index in [-0.39, 0.29) is 0 Å². The molecular formula is C18H18N2. The number of aryl methyl sites for hydroxylation is 3. The lowest BCUT2D eigenvalue weighted by molar-refractivity contribution is 1.34. The van der Waals surface area contributed by atoms with Crippen molar-refractivity contribution in [2.75, 3.05) is 5.73 Å². The molecule has 2 aromatic carbocycles. The number of nitrogens with zero attached hydrogens (tertiary/aromatic N) is 1. The fourth-order valence-electron chi connectivity index (χ4n) is 2.54. The van der Waals surface area contributed by atoms with Gasteiger partial charge in [0.05, 0.1) is 11.2 Å². The maximum atomic E-state index is 6.10. The molecule has 0 atom stereocenters. The van der Waals surface area contributed by atoms with Crippen molar-refractivity contribution in [2.24, 2.45) is 0 Å². The summed E-state index contributed by atoms with van der Waals surface area (Å²) in [4.78, 5) is 4.77. The summed E-state index contributed by atoms with van der Waals surface area (Å²) in [6.07, 6.45) is 0. The fourth-order valence-corrected chi connectivity index (χ4v) is 2.54. The largest absolute Gasteiger partial charge is 0.398 e. The molecular weight excluding hydrogens is 244 g/mol. The van der Waals surface area contributed by atoms with Crippen LogP contribution in [0.2, 0.25) is 0 Å². The molecule has 1 aromatic heterocycles. The van der Waals surface area contributed by atoms with Crippen molar-refractivity contribution in [3.8, 4) is 11.3 Å². The van der Waals surface area contributed by atoms with Crippen LogP contribution < -0.4 is 5.73 Å². The van der Waals surface area contributed by atoms with Crippen LogP contribution >= 0.6 is 0 Å². The Labute approximate surface area is 119 Å². The van der Waals surface area contributed by atoms with Gasteiger partial charge in [-0.2, -0.15) is 0 Å². The highest BCUT2D eigenvalue weighted by Gasteiger charge is 2.08. The summed E-state index contributed by atoms with van der Waals surface area (Å²) in [6, 6.07) is 14.5. The lowest BCUT2D eigenvalue weighted by Gasteiger charge is -2.10. The molecule has 0 aliphatic heterocycles. The van der Waals surface area contributed by atoms with Gasteiger partial charge < -0.3 is 5.73 Å². The molecule has 0 saturated heterocycles. The number of benzene rings is 2. The zero-order valence-electron chi connectivity index (χ0n) is 12.1. The van der Waals surface area contributed by atoms with Gasteiger partial charge in [0.15, 0.2) is 0 Å². The van der Waals surface area contributed by atoms with E-state index in [0.717, 1.165) is 22.5 Å². The second-order valence-electron chi connectivity index (χ2n) is 5.44. The van der Waals surface area contributed by atoms with Crippen LogP contribution in [0.3, 0.4) is 0 Å². The van der Waals surface area contributed by atoms with Crippen LogP contribution in [-0.4, -0.2) is 4.98 Å². The van der Waals surface area contributed by atoms with E-state index in [9.17, 15) is 0 Å². The van der Waals surface area contributed by atoms with Crippen LogP contribution in [0.15, 0.2) is 42.5 Å². The Morgan fingerprint density at radius 3 is 2.35 bits per heavy atom. The van der Waals surface area contributed by atoms with Crippen LogP contribution in [0.4, 0.5) is 5.69 Å². The molecule has 0 aliphatic rings. The van der Waals surface area contributed by atoms with Crippen LogP contribution in [-0.2, 0) is 0 Å². The van der Waals surface area contributed by atoms with Gasteiger partial charge in [-0.1, -0.05) is 23.3 Å². The Morgan fingerprint density at radius 2 is 1.55 bits per heavy atom. The van der Waals surface area contributed by atoms with Crippen molar-refractivity contribution < 1.29 is 0 Å². The maximum absolute atomic E-state index is 6.10. The summed E-state index contributed by atoms with van der Waals surface area (Å²) in [5.74, 6) is 0. The standard InChI is InChI=1S/C18H18N2/c1-11-4-6-16(19)15(9-11)18-10-13(3)14-8-12(2)5-7-17(14)20-18/h4-10H,19H2,1-3H3. The second kappa shape index (κ2) is 4.64. The van der Waals surface area contributed by atoms with E-state index in [1.807, 2.05) is 12.1 Å². The Hall–Kier alpha value is -2.35. The number of nitrogens with two attached hydrogens (primary N) is 1. The van der Waals surface area contributed by atoms with Gasteiger partial charge in [-0.05, 0) is 56.7 Å². The Kier molecular flexibility index (Phi) is 2.94. The SMILES string of the molecule is Cc1ccc(N)c(-c2cc(C)c3cc(C)ccc3n2)c1. The minimum Gasteiger partial charge on any atom is -0.398 e. The van der Waals surface area contributed by atoms with E-state index in [1.54, 1.807) is 0 Å². The molecule has 2 nitrogen and oxygen atoms in total. The highest BCUT2D eigenvalue weighted by atomic mass is 14.7. The van der Waals surface area contributed by atoms with Gasteiger partial charge in [0.25, 0.3) is 0 Å². The van der Waals surface area contributed by atoms with Gasteiger partial charge >= 0.3 is 0 Å². The van der Waals surface area contributed by atoms with E-state index in [0.29, 0.717) is 0 Å². The van der Waals surface area contributed by atoms with Crippen LogP contribution in [0.5, 0.6) is 0 Å². The van der Waals surface area contributed by atoms with Crippen LogP contribution in [0.25, 0.3) is 22.2 Å². The van der Waals surface area contributed by atoms with Gasteiger partial charge in [0.1, 0.15) is 0 Å². The third-order valence-corrected chi connectivity index (χ3v) is 3.66. The maximum Gasteiger partial charge on any atom is 0.0733 e. The lowest BCUT2D eigenvalue weighted by Crippen LogP contribution is -1.94. The summed E-state index contributed by atoms with van der Waals surface area (Å²) in [5.41, 5.74) is 13.5. The number of hydrogen-bond acceptors (Lipinski definition) is 2. The van der Waals surface area contributed by atoms with Gasteiger partial charge in [0, 0.05) is 16.6 Å². The molecule has 2 N–H and O–H groups in total. The van der Waals surface area contributed by atoms with Gasteiger partial charge in [-0.25, -0.2) is 4.98 Å². The van der Waals surface area contributed by atoms with Crippen molar-refractivity contribution >= 4 is 16.6 Å². The summed E-state index contributed by atoms with van der Waals surface area (Å²) in [7, 11) is 0. The Balaban J connectivity index is 2.27. The Bertz CT molecular complexity index is 804. The molecule has 0 amide bonds. The first-order valence-electron chi connectivity index (χ1n) is 6.79. The van der Waals surface area contributed by atoms with Gasteiger partial charge in [-0.15, -0.1) is 0 Å². The van der Waals surface area contributed by atoms with Gasteiger partial charge in [0.2, 0.25) is 0 Å². The minimum atomic E-state index is 0.772. The first-order valence-corrected chi connectivity index (χ1v) is 6.79. The lowest BCUT2D eigenvalue weighted by atomic mass is 10.0. The molecule has 0 fully saturated rings. The molecule has 20 heavy (non-hydrogen) atoms. The second-order valence-corrected chi connectivity index (χ2v) is 5.44. The van der Waals surface area contributed by atoms with Crippen molar-refractivity contribution in [1.29, 1.82) is 0 Å². The van der Waals surface area contributed by atoms with Crippen LogP contribution in [0.1, 0.15) is 16.7 Å². The predicted molar refractivity (Wildman–Crippen MR) is 85.8 cm³/mol. The molecule has 0 radical (unpaired) electrons. The molecule has 0 aliphatic carbocycles. The number of fused-ring (bicyclic) bond motifs is 1.